The first-order valence-corrected chi connectivity index (χ1v) is 9.44. The molecule has 2 saturated heterocycles. The van der Waals surface area contributed by atoms with Crippen LogP contribution in [0.5, 0.6) is 0 Å². The summed E-state index contributed by atoms with van der Waals surface area (Å²) in [5, 5.41) is 12.1. The van der Waals surface area contributed by atoms with Crippen molar-refractivity contribution >= 4 is 30.7 Å². The average Bonchev–Trinajstić information content (AvgIpc) is 3.38. The summed E-state index contributed by atoms with van der Waals surface area (Å²) in [6, 6.07) is 9.85. The quantitative estimate of drug-likeness (QED) is 0.723. The number of ether oxygens (including phenoxy) is 1. The summed E-state index contributed by atoms with van der Waals surface area (Å²) in [5.41, 5.74) is 6.58. The van der Waals surface area contributed by atoms with Crippen molar-refractivity contribution in [3.8, 4) is 5.69 Å². The monoisotopic (exact) mass is 443 g/mol. The van der Waals surface area contributed by atoms with Crippen LogP contribution in [0.1, 0.15) is 18.7 Å². The largest absolute Gasteiger partial charge is 0.364 e. The van der Waals surface area contributed by atoms with E-state index < -0.39 is 0 Å². The SMILES string of the molecule is Cl.Cl.NC[C@H]1CC[C@@H](C(=O)N2CCN(Cc3nnnn3-c3ccccc3)CC2)O1. The van der Waals surface area contributed by atoms with Gasteiger partial charge in [0.2, 0.25) is 0 Å². The van der Waals surface area contributed by atoms with E-state index in [-0.39, 0.29) is 42.9 Å². The topological polar surface area (TPSA) is 102 Å². The lowest BCUT2D eigenvalue weighted by atomic mass is 10.1. The minimum absolute atomic E-state index is 0. The molecule has 0 radical (unpaired) electrons. The summed E-state index contributed by atoms with van der Waals surface area (Å²) < 4.78 is 7.50. The van der Waals surface area contributed by atoms with Crippen LogP contribution in [0.3, 0.4) is 0 Å². The van der Waals surface area contributed by atoms with E-state index in [1.807, 2.05) is 35.2 Å². The predicted octanol–water partition coefficient (Wildman–Crippen LogP) is 0.656. The van der Waals surface area contributed by atoms with Crippen LogP contribution in [0.15, 0.2) is 30.3 Å². The number of halogens is 2. The number of nitrogens with zero attached hydrogens (tertiary/aromatic N) is 6. The third-order valence-corrected chi connectivity index (χ3v) is 5.23. The van der Waals surface area contributed by atoms with Crippen molar-refractivity contribution in [2.24, 2.45) is 5.73 Å². The molecule has 11 heteroatoms. The predicted molar refractivity (Wildman–Crippen MR) is 112 cm³/mol. The Hall–Kier alpha value is -1.78. The fraction of sp³-hybridized carbons (Fsp3) is 0.556. The van der Waals surface area contributed by atoms with Crippen LogP contribution in [0.25, 0.3) is 5.69 Å². The van der Waals surface area contributed by atoms with Crippen LogP contribution >= 0.6 is 24.8 Å². The fourth-order valence-electron chi connectivity index (χ4n) is 3.66. The Balaban J connectivity index is 0.00000150. The first-order valence-electron chi connectivity index (χ1n) is 9.44. The third-order valence-electron chi connectivity index (χ3n) is 5.23. The number of amides is 1. The first-order chi connectivity index (χ1) is 13.2. The molecule has 1 amide bonds. The zero-order valence-corrected chi connectivity index (χ0v) is 17.7. The molecule has 29 heavy (non-hydrogen) atoms. The molecule has 2 atom stereocenters. The van der Waals surface area contributed by atoms with Gasteiger partial charge in [-0.05, 0) is 35.4 Å². The molecule has 0 bridgehead atoms. The van der Waals surface area contributed by atoms with Crippen LogP contribution in [-0.2, 0) is 16.1 Å². The van der Waals surface area contributed by atoms with E-state index in [1.165, 1.54) is 0 Å². The molecule has 3 heterocycles. The van der Waals surface area contributed by atoms with Gasteiger partial charge in [-0.2, -0.15) is 4.68 Å². The van der Waals surface area contributed by atoms with Gasteiger partial charge in [-0.15, -0.1) is 29.9 Å². The number of carbonyl (C=O) groups excluding carboxylic acids is 1. The second-order valence-electron chi connectivity index (χ2n) is 7.00. The molecule has 1 aromatic heterocycles. The highest BCUT2D eigenvalue weighted by Gasteiger charge is 2.34. The minimum Gasteiger partial charge on any atom is -0.364 e. The van der Waals surface area contributed by atoms with Crippen molar-refractivity contribution < 1.29 is 9.53 Å². The number of nitrogens with two attached hydrogens (primary N) is 1. The average molecular weight is 444 g/mol. The molecule has 4 rings (SSSR count). The van der Waals surface area contributed by atoms with E-state index in [9.17, 15) is 4.79 Å². The van der Waals surface area contributed by atoms with E-state index in [4.69, 9.17) is 10.5 Å². The summed E-state index contributed by atoms with van der Waals surface area (Å²) in [5.74, 6) is 0.894. The molecule has 9 nitrogen and oxygen atoms in total. The van der Waals surface area contributed by atoms with Gasteiger partial charge >= 0.3 is 0 Å². The van der Waals surface area contributed by atoms with Crippen LogP contribution in [-0.4, -0.2) is 80.8 Å². The van der Waals surface area contributed by atoms with Gasteiger partial charge in [0, 0.05) is 32.7 Å². The molecule has 2 N–H and O–H groups in total. The lowest BCUT2D eigenvalue weighted by Crippen LogP contribution is -2.51. The van der Waals surface area contributed by atoms with Crippen LogP contribution in [0.2, 0.25) is 0 Å². The number of rotatable bonds is 5. The standard InChI is InChI=1S/C18H25N7O2.2ClH/c19-12-15-6-7-16(27-15)18(26)24-10-8-23(9-11-24)13-17-20-21-22-25(17)14-4-2-1-3-5-14;;/h1-5,15-16H,6-13,19H2;2*1H/t15-,16+;;/m1../s1. The lowest BCUT2D eigenvalue weighted by Gasteiger charge is -2.35. The second kappa shape index (κ2) is 10.8. The number of piperazine rings is 1. The Kier molecular flexibility index (Phi) is 8.79. The zero-order chi connectivity index (χ0) is 18.6. The molecule has 2 aliphatic heterocycles. The van der Waals surface area contributed by atoms with Crippen molar-refractivity contribution in [1.82, 2.24) is 30.0 Å². The van der Waals surface area contributed by atoms with Gasteiger partial charge in [0.05, 0.1) is 18.3 Å². The Labute approximate surface area is 182 Å². The van der Waals surface area contributed by atoms with E-state index in [1.54, 1.807) is 4.68 Å². The molecule has 0 aliphatic carbocycles. The molecule has 2 aliphatic rings. The Morgan fingerprint density at radius 1 is 1.10 bits per heavy atom. The van der Waals surface area contributed by atoms with E-state index >= 15 is 0 Å². The van der Waals surface area contributed by atoms with Crippen LogP contribution in [0.4, 0.5) is 0 Å². The third kappa shape index (κ3) is 5.43. The number of tetrazole rings is 1. The molecule has 2 fully saturated rings. The number of benzene rings is 1. The maximum atomic E-state index is 12.6. The molecule has 0 spiro atoms. The van der Waals surface area contributed by atoms with Gasteiger partial charge in [0.15, 0.2) is 5.82 Å². The van der Waals surface area contributed by atoms with Crippen LogP contribution in [0, 0.1) is 0 Å². The molecule has 2 aromatic rings. The Morgan fingerprint density at radius 3 is 2.48 bits per heavy atom. The first kappa shape index (κ1) is 23.5. The van der Waals surface area contributed by atoms with Gasteiger partial charge < -0.3 is 15.4 Å². The smallest absolute Gasteiger partial charge is 0.251 e. The van der Waals surface area contributed by atoms with Crippen LogP contribution < -0.4 is 5.73 Å². The summed E-state index contributed by atoms with van der Waals surface area (Å²) in [4.78, 5) is 16.8. The van der Waals surface area contributed by atoms with Gasteiger partial charge in [0.1, 0.15) is 6.10 Å². The Bertz CT molecular complexity index is 769. The van der Waals surface area contributed by atoms with Crippen molar-refractivity contribution in [2.75, 3.05) is 32.7 Å². The van der Waals surface area contributed by atoms with Crippen molar-refractivity contribution in [3.05, 3.63) is 36.2 Å². The number of hydrogen-bond acceptors (Lipinski definition) is 7. The number of para-hydroxylation sites is 1. The lowest BCUT2D eigenvalue weighted by molar-refractivity contribution is -0.144. The number of aromatic nitrogens is 4. The summed E-state index contributed by atoms with van der Waals surface area (Å²) in [7, 11) is 0. The van der Waals surface area contributed by atoms with Gasteiger partial charge in [0.25, 0.3) is 5.91 Å². The summed E-state index contributed by atoms with van der Waals surface area (Å²) in [6.07, 6.45) is 1.34. The van der Waals surface area contributed by atoms with Crippen molar-refractivity contribution in [3.63, 3.8) is 0 Å². The second-order valence-corrected chi connectivity index (χ2v) is 7.00. The van der Waals surface area contributed by atoms with Gasteiger partial charge in [-0.3, -0.25) is 9.69 Å². The van der Waals surface area contributed by atoms with Crippen molar-refractivity contribution in [2.45, 2.75) is 31.6 Å². The highest BCUT2D eigenvalue weighted by molar-refractivity contribution is 5.85. The normalized spacial score (nSPS) is 22.0. The zero-order valence-electron chi connectivity index (χ0n) is 16.1. The van der Waals surface area contributed by atoms with Gasteiger partial charge in [-0.25, -0.2) is 0 Å². The molecular formula is C18H27Cl2N7O2. The maximum absolute atomic E-state index is 12.6. The van der Waals surface area contributed by atoms with Gasteiger partial charge in [-0.1, -0.05) is 18.2 Å². The van der Waals surface area contributed by atoms with E-state index in [2.05, 4.69) is 20.4 Å². The van der Waals surface area contributed by atoms with Crippen molar-refractivity contribution in [1.29, 1.82) is 0 Å². The highest BCUT2D eigenvalue weighted by Crippen LogP contribution is 2.21. The maximum Gasteiger partial charge on any atom is 0.251 e. The molecule has 0 saturated carbocycles. The number of hydrogen-bond donors (Lipinski definition) is 1. The summed E-state index contributed by atoms with van der Waals surface area (Å²) >= 11 is 0. The number of carbonyl (C=O) groups is 1. The molecule has 160 valence electrons. The van der Waals surface area contributed by atoms with E-state index in [0.717, 1.165) is 37.4 Å². The summed E-state index contributed by atoms with van der Waals surface area (Å²) in [6.45, 7) is 4.10. The highest BCUT2D eigenvalue weighted by atomic mass is 35.5. The fourth-order valence-corrected chi connectivity index (χ4v) is 3.66. The molecular weight excluding hydrogens is 417 g/mol. The minimum atomic E-state index is -0.324. The molecule has 0 unspecified atom stereocenters. The Morgan fingerprint density at radius 2 is 1.83 bits per heavy atom. The molecule has 1 aromatic carbocycles. The van der Waals surface area contributed by atoms with E-state index in [0.29, 0.717) is 26.2 Å².